The lowest BCUT2D eigenvalue weighted by Crippen LogP contribution is -2.00. The van der Waals surface area contributed by atoms with E-state index in [-0.39, 0.29) is 0 Å². The summed E-state index contributed by atoms with van der Waals surface area (Å²) in [6, 6.07) is 9.96. The van der Waals surface area contributed by atoms with Crippen molar-refractivity contribution in [3.63, 3.8) is 0 Å². The molecule has 1 aromatic heterocycles. The standard InChI is InChI=1S/C12H12BrN3/c1-14-11-6-7-15-12(16-11)8-9-4-2-3-5-10(9)13/h2-7H,8H2,1H3,(H,14,15,16). The Morgan fingerprint density at radius 1 is 1.25 bits per heavy atom. The molecule has 0 spiro atoms. The number of hydrogen-bond donors (Lipinski definition) is 1. The van der Waals surface area contributed by atoms with Crippen molar-refractivity contribution in [1.82, 2.24) is 9.97 Å². The van der Waals surface area contributed by atoms with Gasteiger partial charge in [-0.2, -0.15) is 0 Å². The molecule has 0 atom stereocenters. The monoisotopic (exact) mass is 277 g/mol. The number of halogens is 1. The summed E-state index contributed by atoms with van der Waals surface area (Å²) in [5.74, 6) is 1.66. The minimum Gasteiger partial charge on any atom is -0.373 e. The Balaban J connectivity index is 2.24. The molecule has 0 unspecified atom stereocenters. The van der Waals surface area contributed by atoms with Gasteiger partial charge in [-0.05, 0) is 17.7 Å². The van der Waals surface area contributed by atoms with Crippen LogP contribution in [0.4, 0.5) is 5.82 Å². The molecule has 0 radical (unpaired) electrons. The van der Waals surface area contributed by atoms with E-state index in [0.717, 1.165) is 22.5 Å². The van der Waals surface area contributed by atoms with Gasteiger partial charge in [0.05, 0.1) is 0 Å². The summed E-state index contributed by atoms with van der Waals surface area (Å²) >= 11 is 3.52. The molecule has 0 fully saturated rings. The van der Waals surface area contributed by atoms with E-state index in [1.165, 1.54) is 5.56 Å². The van der Waals surface area contributed by atoms with Gasteiger partial charge < -0.3 is 5.32 Å². The summed E-state index contributed by atoms with van der Waals surface area (Å²) in [6.45, 7) is 0. The second kappa shape index (κ2) is 5.07. The zero-order valence-electron chi connectivity index (χ0n) is 8.94. The predicted octanol–water partition coefficient (Wildman–Crippen LogP) is 2.87. The Morgan fingerprint density at radius 2 is 2.06 bits per heavy atom. The van der Waals surface area contributed by atoms with Crippen LogP contribution in [0.3, 0.4) is 0 Å². The van der Waals surface area contributed by atoms with Gasteiger partial charge in [0, 0.05) is 24.1 Å². The molecule has 0 saturated heterocycles. The van der Waals surface area contributed by atoms with E-state index in [9.17, 15) is 0 Å². The van der Waals surface area contributed by atoms with Gasteiger partial charge in [0.15, 0.2) is 0 Å². The molecule has 0 saturated carbocycles. The molecule has 0 aliphatic rings. The third-order valence-electron chi connectivity index (χ3n) is 2.27. The first-order chi connectivity index (χ1) is 7.79. The highest BCUT2D eigenvalue weighted by atomic mass is 79.9. The molecule has 0 bridgehead atoms. The van der Waals surface area contributed by atoms with Crippen molar-refractivity contribution in [2.75, 3.05) is 12.4 Å². The number of benzene rings is 1. The summed E-state index contributed by atoms with van der Waals surface area (Å²) in [7, 11) is 1.85. The van der Waals surface area contributed by atoms with Crippen LogP contribution in [-0.4, -0.2) is 17.0 Å². The predicted molar refractivity (Wildman–Crippen MR) is 68.5 cm³/mol. The van der Waals surface area contributed by atoms with Crippen molar-refractivity contribution in [3.05, 3.63) is 52.4 Å². The van der Waals surface area contributed by atoms with Crippen LogP contribution in [0.25, 0.3) is 0 Å². The molecule has 82 valence electrons. The molecule has 4 heteroatoms. The van der Waals surface area contributed by atoms with E-state index in [2.05, 4.69) is 37.3 Å². The van der Waals surface area contributed by atoms with Crippen molar-refractivity contribution in [1.29, 1.82) is 0 Å². The Morgan fingerprint density at radius 3 is 2.81 bits per heavy atom. The highest BCUT2D eigenvalue weighted by Crippen LogP contribution is 2.18. The van der Waals surface area contributed by atoms with E-state index < -0.39 is 0 Å². The Kier molecular flexibility index (Phi) is 3.51. The SMILES string of the molecule is CNc1ccnc(Cc2ccccc2Br)n1. The lowest BCUT2D eigenvalue weighted by Gasteiger charge is -2.04. The van der Waals surface area contributed by atoms with E-state index in [0.29, 0.717) is 0 Å². The fraction of sp³-hybridized carbons (Fsp3) is 0.167. The fourth-order valence-electron chi connectivity index (χ4n) is 1.44. The third kappa shape index (κ3) is 2.58. The van der Waals surface area contributed by atoms with Gasteiger partial charge in [0.25, 0.3) is 0 Å². The quantitative estimate of drug-likeness (QED) is 0.938. The zero-order valence-corrected chi connectivity index (χ0v) is 10.5. The Labute approximate surface area is 103 Å². The molecular formula is C12H12BrN3. The highest BCUT2D eigenvalue weighted by molar-refractivity contribution is 9.10. The molecular weight excluding hydrogens is 266 g/mol. The molecule has 0 amide bonds. The maximum atomic E-state index is 4.38. The fourth-order valence-corrected chi connectivity index (χ4v) is 1.86. The van der Waals surface area contributed by atoms with E-state index in [1.807, 2.05) is 31.3 Å². The first-order valence-corrected chi connectivity index (χ1v) is 5.82. The minimum atomic E-state index is 0.733. The normalized spacial score (nSPS) is 10.1. The summed E-state index contributed by atoms with van der Waals surface area (Å²) in [6.07, 6.45) is 2.50. The van der Waals surface area contributed by atoms with Crippen molar-refractivity contribution >= 4 is 21.7 Å². The summed E-state index contributed by atoms with van der Waals surface area (Å²) in [5, 5.41) is 3.00. The first kappa shape index (κ1) is 11.1. The number of anilines is 1. The molecule has 2 rings (SSSR count). The van der Waals surface area contributed by atoms with E-state index >= 15 is 0 Å². The van der Waals surface area contributed by atoms with Gasteiger partial charge in [-0.15, -0.1) is 0 Å². The molecule has 1 N–H and O–H groups in total. The molecule has 3 nitrogen and oxygen atoms in total. The topological polar surface area (TPSA) is 37.8 Å². The maximum absolute atomic E-state index is 4.38. The lowest BCUT2D eigenvalue weighted by molar-refractivity contribution is 0.966. The highest BCUT2D eigenvalue weighted by Gasteiger charge is 2.03. The molecule has 1 heterocycles. The van der Waals surface area contributed by atoms with Gasteiger partial charge in [0.1, 0.15) is 11.6 Å². The molecule has 0 aliphatic heterocycles. The van der Waals surface area contributed by atoms with Gasteiger partial charge in [-0.25, -0.2) is 9.97 Å². The summed E-state index contributed by atoms with van der Waals surface area (Å²) < 4.78 is 1.09. The van der Waals surface area contributed by atoms with Gasteiger partial charge in [0.2, 0.25) is 0 Å². The molecule has 0 aliphatic carbocycles. The number of rotatable bonds is 3. The van der Waals surface area contributed by atoms with Crippen LogP contribution in [0.15, 0.2) is 41.0 Å². The Bertz CT molecular complexity index is 485. The van der Waals surface area contributed by atoms with Crippen molar-refractivity contribution in [2.24, 2.45) is 0 Å². The van der Waals surface area contributed by atoms with Gasteiger partial charge in [-0.3, -0.25) is 0 Å². The van der Waals surface area contributed by atoms with Crippen LogP contribution in [0.5, 0.6) is 0 Å². The number of nitrogens with zero attached hydrogens (tertiary/aromatic N) is 2. The minimum absolute atomic E-state index is 0.733. The van der Waals surface area contributed by atoms with Crippen LogP contribution in [0, 0.1) is 0 Å². The summed E-state index contributed by atoms with van der Waals surface area (Å²) in [4.78, 5) is 8.64. The average molecular weight is 278 g/mol. The van der Waals surface area contributed by atoms with Crippen LogP contribution < -0.4 is 5.32 Å². The lowest BCUT2D eigenvalue weighted by atomic mass is 10.1. The van der Waals surface area contributed by atoms with Gasteiger partial charge >= 0.3 is 0 Å². The van der Waals surface area contributed by atoms with Crippen LogP contribution in [0.2, 0.25) is 0 Å². The summed E-state index contributed by atoms with van der Waals surface area (Å²) in [5.41, 5.74) is 1.19. The van der Waals surface area contributed by atoms with Crippen molar-refractivity contribution in [2.45, 2.75) is 6.42 Å². The number of hydrogen-bond acceptors (Lipinski definition) is 3. The first-order valence-electron chi connectivity index (χ1n) is 5.02. The van der Waals surface area contributed by atoms with Gasteiger partial charge in [-0.1, -0.05) is 34.1 Å². The maximum Gasteiger partial charge on any atom is 0.135 e. The molecule has 2 aromatic rings. The van der Waals surface area contributed by atoms with Crippen LogP contribution in [0.1, 0.15) is 11.4 Å². The van der Waals surface area contributed by atoms with Crippen molar-refractivity contribution in [3.8, 4) is 0 Å². The van der Waals surface area contributed by atoms with Crippen LogP contribution in [-0.2, 0) is 6.42 Å². The smallest absolute Gasteiger partial charge is 0.135 e. The number of nitrogens with one attached hydrogen (secondary N) is 1. The average Bonchev–Trinajstić information content (AvgIpc) is 2.32. The van der Waals surface area contributed by atoms with Crippen LogP contribution >= 0.6 is 15.9 Å². The largest absolute Gasteiger partial charge is 0.373 e. The van der Waals surface area contributed by atoms with E-state index in [1.54, 1.807) is 6.20 Å². The second-order valence-electron chi connectivity index (χ2n) is 3.38. The molecule has 16 heavy (non-hydrogen) atoms. The Hall–Kier alpha value is -1.42. The number of aromatic nitrogens is 2. The second-order valence-corrected chi connectivity index (χ2v) is 4.23. The van der Waals surface area contributed by atoms with E-state index in [4.69, 9.17) is 0 Å². The van der Waals surface area contributed by atoms with Crippen molar-refractivity contribution < 1.29 is 0 Å². The zero-order chi connectivity index (χ0) is 11.4. The molecule has 1 aromatic carbocycles. The third-order valence-corrected chi connectivity index (χ3v) is 3.04.